The van der Waals surface area contributed by atoms with E-state index in [4.69, 9.17) is 4.42 Å². The van der Waals surface area contributed by atoms with Crippen molar-refractivity contribution in [1.29, 1.82) is 0 Å². The smallest absolute Gasteiger partial charge is 0.135 e. The van der Waals surface area contributed by atoms with Crippen LogP contribution in [0.2, 0.25) is 0 Å². The molecule has 13 aromatic rings. The molecule has 0 amide bonds. The highest BCUT2D eigenvalue weighted by Crippen LogP contribution is 2.43. The van der Waals surface area contributed by atoms with Gasteiger partial charge in [-0.1, -0.05) is 188 Å². The van der Waals surface area contributed by atoms with Gasteiger partial charge in [-0.25, -0.2) is 0 Å². The van der Waals surface area contributed by atoms with Crippen molar-refractivity contribution in [3.05, 3.63) is 255 Å². The molecular formula is C64H42N2O. The van der Waals surface area contributed by atoms with E-state index in [1.165, 1.54) is 60.4 Å². The number of fused-ring (bicyclic) bond motifs is 8. The Morgan fingerprint density at radius 1 is 0.299 bits per heavy atom. The van der Waals surface area contributed by atoms with Crippen LogP contribution < -0.4 is 4.90 Å². The topological polar surface area (TPSA) is 21.3 Å². The van der Waals surface area contributed by atoms with E-state index in [1.54, 1.807) is 0 Å². The summed E-state index contributed by atoms with van der Waals surface area (Å²) in [7, 11) is 0. The predicted molar refractivity (Wildman–Crippen MR) is 282 cm³/mol. The third kappa shape index (κ3) is 6.59. The summed E-state index contributed by atoms with van der Waals surface area (Å²) in [5.41, 5.74) is 18.0. The molecule has 0 aliphatic carbocycles. The molecule has 67 heavy (non-hydrogen) atoms. The Labute approximate surface area is 388 Å². The van der Waals surface area contributed by atoms with Crippen molar-refractivity contribution in [3.8, 4) is 50.2 Å². The summed E-state index contributed by atoms with van der Waals surface area (Å²) in [6, 6.07) is 91.9. The van der Waals surface area contributed by atoms with Crippen LogP contribution in [0.15, 0.2) is 259 Å². The van der Waals surface area contributed by atoms with Crippen molar-refractivity contribution in [2.24, 2.45) is 0 Å². The summed E-state index contributed by atoms with van der Waals surface area (Å²) >= 11 is 0. The minimum atomic E-state index is 0.874. The van der Waals surface area contributed by atoms with Crippen LogP contribution in [0.5, 0.6) is 0 Å². The molecule has 314 valence electrons. The van der Waals surface area contributed by atoms with Gasteiger partial charge in [-0.15, -0.1) is 0 Å². The molecule has 0 saturated heterocycles. The molecule has 3 nitrogen and oxygen atoms in total. The van der Waals surface area contributed by atoms with Crippen LogP contribution in [-0.4, -0.2) is 4.57 Å². The highest BCUT2D eigenvalue weighted by atomic mass is 16.3. The van der Waals surface area contributed by atoms with Crippen LogP contribution in [0, 0.1) is 0 Å². The Morgan fingerprint density at radius 3 is 1.54 bits per heavy atom. The van der Waals surface area contributed by atoms with Crippen LogP contribution in [-0.2, 0) is 0 Å². The average Bonchev–Trinajstić information content (AvgIpc) is 3.95. The zero-order chi connectivity index (χ0) is 44.3. The van der Waals surface area contributed by atoms with Gasteiger partial charge in [0, 0.05) is 49.7 Å². The zero-order valence-corrected chi connectivity index (χ0v) is 36.6. The second kappa shape index (κ2) is 16.0. The van der Waals surface area contributed by atoms with Crippen LogP contribution in [0.3, 0.4) is 0 Å². The highest BCUT2D eigenvalue weighted by Gasteiger charge is 2.19. The lowest BCUT2D eigenvalue weighted by Gasteiger charge is -2.26. The number of furan rings is 1. The van der Waals surface area contributed by atoms with Crippen LogP contribution in [0.25, 0.3) is 105 Å². The van der Waals surface area contributed by atoms with Gasteiger partial charge in [0.25, 0.3) is 0 Å². The maximum atomic E-state index is 6.30. The molecule has 0 spiro atoms. The Hall–Kier alpha value is -8.92. The van der Waals surface area contributed by atoms with E-state index in [-0.39, 0.29) is 0 Å². The maximum Gasteiger partial charge on any atom is 0.135 e. The molecule has 3 heteroatoms. The SMILES string of the molecule is c1ccc(-c2ccccc2-c2ccccc2-c2ccc(N(c3ccc(-c4ccc5c6ccc7ccccc7c6n(-c6ccccc6)c5c4)cc3)c3ccc4oc5ccccc5c4c3)cc2)cc1. The molecule has 2 aromatic heterocycles. The minimum absolute atomic E-state index is 0.874. The van der Waals surface area contributed by atoms with E-state index in [1.807, 2.05) is 12.1 Å². The number of benzene rings is 11. The largest absolute Gasteiger partial charge is 0.456 e. The van der Waals surface area contributed by atoms with Crippen molar-refractivity contribution in [3.63, 3.8) is 0 Å². The number of rotatable bonds is 8. The van der Waals surface area contributed by atoms with Crippen LogP contribution >= 0.6 is 0 Å². The first-order valence-electron chi connectivity index (χ1n) is 22.9. The van der Waals surface area contributed by atoms with Gasteiger partial charge in [-0.3, -0.25) is 0 Å². The molecule has 0 aliphatic heterocycles. The summed E-state index contributed by atoms with van der Waals surface area (Å²) in [6.45, 7) is 0. The number of para-hydroxylation sites is 2. The fraction of sp³-hybridized carbons (Fsp3) is 0. The highest BCUT2D eigenvalue weighted by molar-refractivity contribution is 6.19. The molecule has 0 aliphatic rings. The Bertz CT molecular complexity index is 3960. The van der Waals surface area contributed by atoms with Gasteiger partial charge in [-0.05, 0) is 117 Å². The molecule has 0 radical (unpaired) electrons. The van der Waals surface area contributed by atoms with Gasteiger partial charge in [0.05, 0.1) is 11.0 Å². The Morgan fingerprint density at radius 2 is 0.821 bits per heavy atom. The van der Waals surface area contributed by atoms with Gasteiger partial charge in [0.2, 0.25) is 0 Å². The first-order valence-corrected chi connectivity index (χ1v) is 22.9. The van der Waals surface area contributed by atoms with Gasteiger partial charge < -0.3 is 13.9 Å². The minimum Gasteiger partial charge on any atom is -0.456 e. The second-order valence-electron chi connectivity index (χ2n) is 17.3. The van der Waals surface area contributed by atoms with E-state index in [0.717, 1.165) is 61.4 Å². The normalized spacial score (nSPS) is 11.6. The van der Waals surface area contributed by atoms with Gasteiger partial charge in [0.1, 0.15) is 11.2 Å². The number of anilines is 3. The summed E-state index contributed by atoms with van der Waals surface area (Å²) in [5, 5.41) is 7.17. The van der Waals surface area contributed by atoms with Gasteiger partial charge in [0.15, 0.2) is 0 Å². The summed E-state index contributed by atoms with van der Waals surface area (Å²) in [4.78, 5) is 2.35. The van der Waals surface area contributed by atoms with Crippen molar-refractivity contribution < 1.29 is 4.42 Å². The second-order valence-corrected chi connectivity index (χ2v) is 17.3. The number of hydrogen-bond acceptors (Lipinski definition) is 2. The predicted octanol–water partition coefficient (Wildman–Crippen LogP) is 18.0. The molecule has 0 fully saturated rings. The fourth-order valence-corrected chi connectivity index (χ4v) is 10.3. The van der Waals surface area contributed by atoms with Crippen molar-refractivity contribution in [1.82, 2.24) is 4.57 Å². The van der Waals surface area contributed by atoms with Gasteiger partial charge >= 0.3 is 0 Å². The molecule has 11 aromatic carbocycles. The van der Waals surface area contributed by atoms with E-state index in [9.17, 15) is 0 Å². The molecule has 2 heterocycles. The Balaban J connectivity index is 0.921. The van der Waals surface area contributed by atoms with Gasteiger partial charge in [-0.2, -0.15) is 0 Å². The summed E-state index contributed by atoms with van der Waals surface area (Å²) < 4.78 is 8.74. The lowest BCUT2D eigenvalue weighted by molar-refractivity contribution is 0.669. The number of aromatic nitrogens is 1. The monoisotopic (exact) mass is 854 g/mol. The first kappa shape index (κ1) is 38.5. The Kier molecular flexibility index (Phi) is 9.17. The quantitative estimate of drug-likeness (QED) is 0.152. The van der Waals surface area contributed by atoms with E-state index in [2.05, 4.69) is 252 Å². The average molecular weight is 855 g/mol. The summed E-state index contributed by atoms with van der Waals surface area (Å²) in [6.07, 6.45) is 0. The number of nitrogens with zero attached hydrogens (tertiary/aromatic N) is 2. The third-order valence-corrected chi connectivity index (χ3v) is 13.4. The van der Waals surface area contributed by atoms with Crippen molar-refractivity contribution in [2.45, 2.75) is 0 Å². The zero-order valence-electron chi connectivity index (χ0n) is 36.6. The van der Waals surface area contributed by atoms with Crippen LogP contribution in [0.1, 0.15) is 0 Å². The lowest BCUT2D eigenvalue weighted by Crippen LogP contribution is -2.09. The van der Waals surface area contributed by atoms with E-state index >= 15 is 0 Å². The molecule has 13 rings (SSSR count). The van der Waals surface area contributed by atoms with Crippen LogP contribution in [0.4, 0.5) is 17.1 Å². The van der Waals surface area contributed by atoms with Crippen molar-refractivity contribution >= 4 is 71.6 Å². The maximum absolute atomic E-state index is 6.30. The fourth-order valence-electron chi connectivity index (χ4n) is 10.3. The van der Waals surface area contributed by atoms with E-state index < -0.39 is 0 Å². The third-order valence-electron chi connectivity index (χ3n) is 13.4. The number of hydrogen-bond donors (Lipinski definition) is 0. The summed E-state index contributed by atoms with van der Waals surface area (Å²) in [5.74, 6) is 0. The molecule has 0 unspecified atom stereocenters. The molecule has 0 saturated carbocycles. The van der Waals surface area contributed by atoms with Crippen molar-refractivity contribution in [2.75, 3.05) is 4.90 Å². The molecule has 0 atom stereocenters. The molecule has 0 bridgehead atoms. The molecule has 0 N–H and O–H groups in total. The first-order chi connectivity index (χ1) is 33.2. The lowest BCUT2D eigenvalue weighted by atomic mass is 9.89. The molecular weight excluding hydrogens is 813 g/mol. The standard InChI is InChI=1S/C64H42N2O/c1-3-15-44(16-4-1)52-20-9-11-23-55(52)56-24-12-10-21-53(56)46-29-35-50(36-30-46)65(51-37-40-63-60(42-51)58-25-13-14-26-62(58)67-63)49-33-27-43(28-34-49)47-32-38-57-59-39-31-45-17-7-8-22-54(45)64(59)66(61(57)41-47)48-18-5-2-6-19-48/h1-42H. The van der Waals surface area contributed by atoms with E-state index in [0.29, 0.717) is 0 Å².